The maximum absolute atomic E-state index is 10.6. The van der Waals surface area contributed by atoms with Gasteiger partial charge in [-0.3, -0.25) is 4.79 Å². The summed E-state index contributed by atoms with van der Waals surface area (Å²) >= 11 is 0. The van der Waals surface area contributed by atoms with Crippen LogP contribution in [0.15, 0.2) is 40.9 Å². The molecular formula is C8H8N2OS2. The Kier molecular flexibility index (Phi) is 3.85. The van der Waals surface area contributed by atoms with Crippen molar-refractivity contribution in [3.8, 4) is 0 Å². The number of primary amides is 1. The molecule has 0 spiro atoms. The minimum absolute atomic E-state index is 0.329. The molecule has 0 aliphatic carbocycles. The molecule has 68 valence electrons. The van der Waals surface area contributed by atoms with Crippen molar-refractivity contribution >= 4 is 27.5 Å². The Hall–Kier alpha value is -0.940. The zero-order valence-corrected chi connectivity index (χ0v) is 8.40. The number of hydrogen-bond acceptors (Lipinski definition) is 4. The summed E-state index contributed by atoms with van der Waals surface area (Å²) in [5.74, 6) is -0.492. The molecule has 0 unspecified atom stereocenters. The molecule has 0 aliphatic heterocycles. The van der Waals surface area contributed by atoms with Gasteiger partial charge in [-0.1, -0.05) is 12.6 Å². The zero-order chi connectivity index (χ0) is 9.68. The van der Waals surface area contributed by atoms with Crippen LogP contribution in [0, 0.1) is 0 Å². The van der Waals surface area contributed by atoms with Gasteiger partial charge in [-0.2, -0.15) is 0 Å². The highest BCUT2D eigenvalue weighted by atomic mass is 33.1. The summed E-state index contributed by atoms with van der Waals surface area (Å²) in [5.41, 5.74) is 5.01. The number of rotatable bonds is 4. The van der Waals surface area contributed by atoms with E-state index in [1.165, 1.54) is 21.6 Å². The molecular weight excluding hydrogens is 204 g/mol. The number of carbonyl (C=O) groups excluding carboxylic acids is 1. The summed E-state index contributed by atoms with van der Waals surface area (Å²) in [5, 5.41) is 0.829. The first-order valence-electron chi connectivity index (χ1n) is 3.44. The average molecular weight is 212 g/mol. The summed E-state index contributed by atoms with van der Waals surface area (Å²) in [6, 6.07) is 5.56. The van der Waals surface area contributed by atoms with Gasteiger partial charge in [0.2, 0.25) is 0 Å². The van der Waals surface area contributed by atoms with E-state index in [9.17, 15) is 4.79 Å². The second-order valence-corrected chi connectivity index (χ2v) is 4.37. The van der Waals surface area contributed by atoms with E-state index in [4.69, 9.17) is 5.73 Å². The Morgan fingerprint density at radius 1 is 1.54 bits per heavy atom. The number of aromatic nitrogens is 1. The molecule has 0 radical (unpaired) electrons. The van der Waals surface area contributed by atoms with Crippen LogP contribution in [0.2, 0.25) is 0 Å². The molecule has 0 atom stereocenters. The first-order valence-corrected chi connectivity index (χ1v) is 5.59. The third kappa shape index (κ3) is 3.52. The molecule has 1 rings (SSSR count). The highest BCUT2D eigenvalue weighted by molar-refractivity contribution is 8.78. The van der Waals surface area contributed by atoms with Crippen LogP contribution in [0.25, 0.3) is 0 Å². The number of amides is 1. The van der Waals surface area contributed by atoms with Gasteiger partial charge in [0, 0.05) is 6.20 Å². The van der Waals surface area contributed by atoms with E-state index in [1.807, 2.05) is 18.2 Å². The molecule has 2 N–H and O–H groups in total. The van der Waals surface area contributed by atoms with Crippen molar-refractivity contribution in [3.05, 3.63) is 35.9 Å². The highest BCUT2D eigenvalue weighted by Gasteiger charge is 2.03. The van der Waals surface area contributed by atoms with Gasteiger partial charge in [-0.05, 0) is 33.7 Å². The van der Waals surface area contributed by atoms with E-state index in [2.05, 4.69) is 11.6 Å². The van der Waals surface area contributed by atoms with Gasteiger partial charge in [0.25, 0.3) is 5.91 Å². The van der Waals surface area contributed by atoms with Gasteiger partial charge >= 0.3 is 0 Å². The molecule has 0 aliphatic rings. The molecule has 0 saturated carbocycles. The largest absolute Gasteiger partial charge is 0.365 e. The summed E-state index contributed by atoms with van der Waals surface area (Å²) in [6.45, 7) is 3.51. The maximum atomic E-state index is 10.6. The molecule has 1 amide bonds. The Labute approximate surface area is 84.2 Å². The molecule has 0 saturated heterocycles. The average Bonchev–Trinajstić information content (AvgIpc) is 2.15. The first-order chi connectivity index (χ1) is 6.20. The Morgan fingerprint density at radius 2 is 2.31 bits per heavy atom. The van der Waals surface area contributed by atoms with Gasteiger partial charge in [0.15, 0.2) is 0 Å². The second-order valence-electron chi connectivity index (χ2n) is 2.12. The summed E-state index contributed by atoms with van der Waals surface area (Å²) < 4.78 is 0. The van der Waals surface area contributed by atoms with Crippen LogP contribution in [0.3, 0.4) is 0 Å². The van der Waals surface area contributed by atoms with Crippen molar-refractivity contribution in [2.45, 2.75) is 5.03 Å². The first kappa shape index (κ1) is 10.1. The van der Waals surface area contributed by atoms with Crippen LogP contribution in [-0.4, -0.2) is 10.9 Å². The predicted molar refractivity (Wildman–Crippen MR) is 56.0 cm³/mol. The van der Waals surface area contributed by atoms with E-state index in [-0.39, 0.29) is 0 Å². The normalized spacial score (nSPS) is 9.54. The topological polar surface area (TPSA) is 56.0 Å². The molecule has 13 heavy (non-hydrogen) atoms. The molecule has 3 nitrogen and oxygen atoms in total. The van der Waals surface area contributed by atoms with Gasteiger partial charge in [-0.15, -0.1) is 0 Å². The van der Waals surface area contributed by atoms with Crippen molar-refractivity contribution in [2.24, 2.45) is 5.73 Å². The number of nitrogens with zero attached hydrogens (tertiary/aromatic N) is 1. The molecule has 1 aromatic rings. The van der Waals surface area contributed by atoms with Gasteiger partial charge in [0.1, 0.15) is 5.03 Å². The van der Waals surface area contributed by atoms with Crippen LogP contribution < -0.4 is 5.73 Å². The third-order valence-corrected chi connectivity index (χ3v) is 3.40. The molecule has 0 bridgehead atoms. The van der Waals surface area contributed by atoms with Gasteiger partial charge in [0.05, 0.1) is 4.91 Å². The van der Waals surface area contributed by atoms with Crippen molar-refractivity contribution in [1.82, 2.24) is 4.98 Å². The molecule has 0 fully saturated rings. The summed E-state index contributed by atoms with van der Waals surface area (Å²) in [7, 11) is 2.58. The van der Waals surface area contributed by atoms with Crippen LogP contribution in [0.1, 0.15) is 0 Å². The van der Waals surface area contributed by atoms with Crippen molar-refractivity contribution in [2.75, 3.05) is 0 Å². The monoisotopic (exact) mass is 212 g/mol. The standard InChI is InChI=1S/C8H8N2OS2/c1-6(8(9)11)12-13-7-4-2-3-5-10-7/h2-5H,1H2,(H2,9,11). The lowest BCUT2D eigenvalue weighted by Gasteiger charge is -1.98. The molecule has 1 aromatic heterocycles. The number of hydrogen-bond donors (Lipinski definition) is 1. The van der Waals surface area contributed by atoms with Crippen molar-refractivity contribution < 1.29 is 4.79 Å². The SMILES string of the molecule is C=C(SSc1ccccn1)C(N)=O. The summed E-state index contributed by atoms with van der Waals surface area (Å²) in [6.07, 6.45) is 1.69. The quantitative estimate of drug-likeness (QED) is 0.611. The predicted octanol–water partition coefficient (Wildman–Crippen LogP) is 1.82. The minimum Gasteiger partial charge on any atom is -0.365 e. The van der Waals surface area contributed by atoms with Crippen molar-refractivity contribution in [1.29, 1.82) is 0 Å². The Morgan fingerprint density at radius 3 is 2.85 bits per heavy atom. The fraction of sp³-hybridized carbons (Fsp3) is 0. The minimum atomic E-state index is -0.492. The van der Waals surface area contributed by atoms with E-state index in [1.54, 1.807) is 6.20 Å². The molecule has 5 heteroatoms. The van der Waals surface area contributed by atoms with E-state index in [0.717, 1.165) is 5.03 Å². The Bertz CT molecular complexity index is 313. The van der Waals surface area contributed by atoms with E-state index >= 15 is 0 Å². The fourth-order valence-corrected chi connectivity index (χ4v) is 2.14. The smallest absolute Gasteiger partial charge is 0.255 e. The van der Waals surface area contributed by atoms with Gasteiger partial charge < -0.3 is 5.73 Å². The van der Waals surface area contributed by atoms with Gasteiger partial charge in [-0.25, -0.2) is 4.98 Å². The van der Waals surface area contributed by atoms with Crippen LogP contribution in [0.5, 0.6) is 0 Å². The summed E-state index contributed by atoms with van der Waals surface area (Å²) in [4.78, 5) is 15.0. The molecule has 0 aromatic carbocycles. The Balaban J connectivity index is 2.44. The van der Waals surface area contributed by atoms with Crippen molar-refractivity contribution in [3.63, 3.8) is 0 Å². The van der Waals surface area contributed by atoms with Crippen LogP contribution >= 0.6 is 21.6 Å². The number of pyridine rings is 1. The maximum Gasteiger partial charge on any atom is 0.255 e. The van der Waals surface area contributed by atoms with Crippen LogP contribution in [-0.2, 0) is 4.79 Å². The number of nitrogens with two attached hydrogens (primary N) is 1. The number of carbonyl (C=O) groups is 1. The fourth-order valence-electron chi connectivity index (χ4n) is 0.530. The lowest BCUT2D eigenvalue weighted by Crippen LogP contribution is -2.09. The van der Waals surface area contributed by atoms with Crippen LogP contribution in [0.4, 0.5) is 0 Å². The van der Waals surface area contributed by atoms with E-state index in [0.29, 0.717) is 4.91 Å². The second kappa shape index (κ2) is 4.94. The third-order valence-electron chi connectivity index (χ3n) is 1.14. The lowest BCUT2D eigenvalue weighted by atomic mass is 10.5. The molecule has 1 heterocycles. The highest BCUT2D eigenvalue weighted by Crippen LogP contribution is 2.34. The zero-order valence-electron chi connectivity index (χ0n) is 6.77. The van der Waals surface area contributed by atoms with E-state index < -0.39 is 5.91 Å². The lowest BCUT2D eigenvalue weighted by molar-refractivity contribution is -0.113.